The van der Waals surface area contributed by atoms with Crippen LogP contribution in [-0.2, 0) is 6.54 Å². The number of halogens is 2. The van der Waals surface area contributed by atoms with Gasteiger partial charge in [0, 0.05) is 16.0 Å². The topological polar surface area (TPSA) is 12.0 Å². The molecule has 0 fully saturated rings. The molecule has 14 heavy (non-hydrogen) atoms. The molecule has 0 spiro atoms. The second-order valence-electron chi connectivity index (χ2n) is 3.23. The van der Waals surface area contributed by atoms with E-state index in [1.54, 1.807) is 0 Å². The molecule has 1 aromatic rings. The predicted molar refractivity (Wildman–Crippen MR) is 65.8 cm³/mol. The fourth-order valence-corrected chi connectivity index (χ4v) is 2.08. The number of hydrogen-bond donors (Lipinski definition) is 1. The standard InChI is InChI=1S/C11H15BrClN/c1-2-3-7-14-8-9-10(12)5-4-6-11(9)13/h4-6,14H,2-3,7-8H2,1H3. The Morgan fingerprint density at radius 3 is 2.86 bits per heavy atom. The van der Waals surface area contributed by atoms with Crippen LogP contribution in [0.1, 0.15) is 25.3 Å². The van der Waals surface area contributed by atoms with Gasteiger partial charge in [0.25, 0.3) is 0 Å². The van der Waals surface area contributed by atoms with Crippen LogP contribution in [0.4, 0.5) is 0 Å². The van der Waals surface area contributed by atoms with Gasteiger partial charge >= 0.3 is 0 Å². The Kier molecular flexibility index (Phi) is 5.53. The fourth-order valence-electron chi connectivity index (χ4n) is 1.22. The lowest BCUT2D eigenvalue weighted by Crippen LogP contribution is -2.15. The van der Waals surface area contributed by atoms with Gasteiger partial charge in [0.05, 0.1) is 0 Å². The highest BCUT2D eigenvalue weighted by Crippen LogP contribution is 2.24. The fraction of sp³-hybridized carbons (Fsp3) is 0.455. The third kappa shape index (κ3) is 3.60. The molecule has 0 aliphatic carbocycles. The molecular weight excluding hydrogens is 261 g/mol. The summed E-state index contributed by atoms with van der Waals surface area (Å²) < 4.78 is 1.08. The Morgan fingerprint density at radius 1 is 1.43 bits per heavy atom. The van der Waals surface area contributed by atoms with Crippen LogP contribution in [0.25, 0.3) is 0 Å². The number of benzene rings is 1. The van der Waals surface area contributed by atoms with Crippen LogP contribution in [0, 0.1) is 0 Å². The first-order valence-corrected chi connectivity index (χ1v) is 6.06. The third-order valence-corrected chi connectivity index (χ3v) is 3.17. The van der Waals surface area contributed by atoms with Gasteiger partial charge < -0.3 is 5.32 Å². The lowest BCUT2D eigenvalue weighted by Gasteiger charge is -2.08. The Morgan fingerprint density at radius 2 is 2.21 bits per heavy atom. The molecule has 0 bridgehead atoms. The molecule has 0 amide bonds. The van der Waals surface area contributed by atoms with Crippen LogP contribution < -0.4 is 5.32 Å². The van der Waals surface area contributed by atoms with Crippen molar-refractivity contribution in [3.8, 4) is 0 Å². The maximum Gasteiger partial charge on any atom is 0.0462 e. The van der Waals surface area contributed by atoms with Crippen LogP contribution >= 0.6 is 27.5 Å². The summed E-state index contributed by atoms with van der Waals surface area (Å²) in [6.45, 7) is 4.07. The second-order valence-corrected chi connectivity index (χ2v) is 4.49. The molecule has 0 unspecified atom stereocenters. The van der Waals surface area contributed by atoms with Gasteiger partial charge in [-0.15, -0.1) is 0 Å². The summed E-state index contributed by atoms with van der Waals surface area (Å²) in [6, 6.07) is 5.88. The molecule has 1 aromatic carbocycles. The van der Waals surface area contributed by atoms with Crippen LogP contribution in [0.2, 0.25) is 5.02 Å². The van der Waals surface area contributed by atoms with Crippen molar-refractivity contribution in [2.24, 2.45) is 0 Å². The highest BCUT2D eigenvalue weighted by molar-refractivity contribution is 9.10. The van der Waals surface area contributed by atoms with Crippen molar-refractivity contribution in [1.82, 2.24) is 5.32 Å². The van der Waals surface area contributed by atoms with Gasteiger partial charge in [-0.2, -0.15) is 0 Å². The molecule has 1 nitrogen and oxygen atoms in total. The summed E-state index contributed by atoms with van der Waals surface area (Å²) in [7, 11) is 0. The van der Waals surface area contributed by atoms with Crippen LogP contribution in [0.3, 0.4) is 0 Å². The van der Waals surface area contributed by atoms with Gasteiger partial charge in [-0.25, -0.2) is 0 Å². The van der Waals surface area contributed by atoms with Crippen molar-refractivity contribution in [1.29, 1.82) is 0 Å². The van der Waals surface area contributed by atoms with Crippen molar-refractivity contribution in [3.05, 3.63) is 33.3 Å². The van der Waals surface area contributed by atoms with Crippen molar-refractivity contribution in [2.75, 3.05) is 6.54 Å². The minimum Gasteiger partial charge on any atom is -0.313 e. The summed E-state index contributed by atoms with van der Waals surface area (Å²) in [5.41, 5.74) is 1.14. The first-order valence-electron chi connectivity index (χ1n) is 4.89. The molecule has 3 heteroatoms. The maximum absolute atomic E-state index is 6.07. The zero-order valence-corrected chi connectivity index (χ0v) is 10.7. The first-order chi connectivity index (χ1) is 6.75. The van der Waals surface area contributed by atoms with Crippen molar-refractivity contribution < 1.29 is 0 Å². The molecule has 1 rings (SSSR count). The number of hydrogen-bond acceptors (Lipinski definition) is 1. The van der Waals surface area contributed by atoms with Gasteiger partial charge in [-0.1, -0.05) is 46.9 Å². The SMILES string of the molecule is CCCCNCc1c(Cl)cccc1Br. The van der Waals surface area contributed by atoms with Gasteiger partial charge in [-0.3, -0.25) is 0 Å². The van der Waals surface area contributed by atoms with Gasteiger partial charge in [0.1, 0.15) is 0 Å². The average Bonchev–Trinajstić information content (AvgIpc) is 2.16. The van der Waals surface area contributed by atoms with Gasteiger partial charge in [0.2, 0.25) is 0 Å². The second kappa shape index (κ2) is 6.44. The number of unbranched alkanes of at least 4 members (excludes halogenated alkanes) is 1. The molecule has 78 valence electrons. The summed E-state index contributed by atoms with van der Waals surface area (Å²) >= 11 is 9.56. The molecular formula is C11H15BrClN. The van der Waals surface area contributed by atoms with E-state index < -0.39 is 0 Å². The Hall–Kier alpha value is -0.0500. The summed E-state index contributed by atoms with van der Waals surface area (Å²) in [4.78, 5) is 0. The van der Waals surface area contributed by atoms with E-state index in [0.717, 1.165) is 28.1 Å². The summed E-state index contributed by atoms with van der Waals surface area (Å²) in [5.74, 6) is 0. The molecule has 0 atom stereocenters. The molecule has 0 aliphatic heterocycles. The van der Waals surface area contributed by atoms with E-state index in [2.05, 4.69) is 28.2 Å². The molecule has 1 N–H and O–H groups in total. The molecule has 0 heterocycles. The highest BCUT2D eigenvalue weighted by atomic mass is 79.9. The van der Waals surface area contributed by atoms with E-state index in [4.69, 9.17) is 11.6 Å². The van der Waals surface area contributed by atoms with Crippen LogP contribution in [0.15, 0.2) is 22.7 Å². The summed E-state index contributed by atoms with van der Waals surface area (Å²) in [6.07, 6.45) is 2.43. The zero-order chi connectivity index (χ0) is 10.4. The largest absolute Gasteiger partial charge is 0.313 e. The smallest absolute Gasteiger partial charge is 0.0462 e. The van der Waals surface area contributed by atoms with Crippen LogP contribution in [0.5, 0.6) is 0 Å². The molecule has 0 saturated heterocycles. The van der Waals surface area contributed by atoms with Crippen molar-refractivity contribution in [3.63, 3.8) is 0 Å². The molecule has 0 aromatic heterocycles. The van der Waals surface area contributed by atoms with Crippen molar-refractivity contribution >= 4 is 27.5 Å². The van der Waals surface area contributed by atoms with E-state index in [9.17, 15) is 0 Å². The van der Waals surface area contributed by atoms with Gasteiger partial charge in [0.15, 0.2) is 0 Å². The van der Waals surface area contributed by atoms with E-state index >= 15 is 0 Å². The Labute approximate surface area is 99.0 Å². The van der Waals surface area contributed by atoms with Gasteiger partial charge in [-0.05, 0) is 30.7 Å². The first kappa shape index (κ1) is 12.0. The van der Waals surface area contributed by atoms with E-state index in [-0.39, 0.29) is 0 Å². The monoisotopic (exact) mass is 275 g/mol. The van der Waals surface area contributed by atoms with E-state index in [0.29, 0.717) is 0 Å². The van der Waals surface area contributed by atoms with E-state index in [1.807, 2.05) is 18.2 Å². The minimum absolute atomic E-state index is 0.823. The highest BCUT2D eigenvalue weighted by Gasteiger charge is 2.03. The molecule has 0 saturated carbocycles. The van der Waals surface area contributed by atoms with E-state index in [1.165, 1.54) is 12.8 Å². The number of nitrogens with one attached hydrogen (secondary N) is 1. The minimum atomic E-state index is 0.823. The Balaban J connectivity index is 2.49. The normalized spacial score (nSPS) is 10.5. The molecule has 0 radical (unpaired) electrons. The third-order valence-electron chi connectivity index (χ3n) is 2.07. The summed E-state index contributed by atoms with van der Waals surface area (Å²) in [5, 5.41) is 4.19. The predicted octanol–water partition coefficient (Wildman–Crippen LogP) is 3.99. The number of rotatable bonds is 5. The lowest BCUT2D eigenvalue weighted by molar-refractivity contribution is 0.640. The molecule has 0 aliphatic rings. The van der Waals surface area contributed by atoms with Crippen molar-refractivity contribution in [2.45, 2.75) is 26.3 Å². The van der Waals surface area contributed by atoms with Crippen LogP contribution in [-0.4, -0.2) is 6.54 Å². The zero-order valence-electron chi connectivity index (χ0n) is 8.32. The lowest BCUT2D eigenvalue weighted by atomic mass is 10.2. The quantitative estimate of drug-likeness (QED) is 0.802. The average molecular weight is 277 g/mol. The Bertz CT molecular complexity index is 268. The maximum atomic E-state index is 6.07.